The minimum absolute atomic E-state index is 0.155. The number of benzene rings is 1. The molecule has 0 heterocycles. The predicted octanol–water partition coefficient (Wildman–Crippen LogP) is 2.05. The van der Waals surface area contributed by atoms with Crippen LogP contribution in [0.25, 0.3) is 0 Å². The molecular formula is C10H12ClNO. The molecule has 0 aromatic heterocycles. The Morgan fingerprint density at radius 3 is 2.62 bits per heavy atom. The van der Waals surface area contributed by atoms with Crippen molar-refractivity contribution in [3.05, 3.63) is 35.9 Å². The van der Waals surface area contributed by atoms with Gasteiger partial charge >= 0.3 is 0 Å². The van der Waals surface area contributed by atoms with E-state index in [1.54, 1.807) is 0 Å². The van der Waals surface area contributed by atoms with Crippen LogP contribution in [0.3, 0.4) is 0 Å². The van der Waals surface area contributed by atoms with Crippen LogP contribution in [0.15, 0.2) is 35.3 Å². The smallest absolute Gasteiger partial charge is 0.130 e. The van der Waals surface area contributed by atoms with Crippen molar-refractivity contribution in [2.45, 2.75) is 6.42 Å². The van der Waals surface area contributed by atoms with Gasteiger partial charge in [0.05, 0.1) is 0 Å². The van der Waals surface area contributed by atoms with Crippen molar-refractivity contribution >= 4 is 16.8 Å². The number of hydrogen-bond acceptors (Lipinski definition) is 2. The number of halogens is 1. The Labute approximate surface area is 82.9 Å². The first-order valence-corrected chi connectivity index (χ1v) is 4.58. The van der Waals surface area contributed by atoms with Gasteiger partial charge in [-0.3, -0.25) is 4.99 Å². The van der Waals surface area contributed by atoms with Gasteiger partial charge in [0.1, 0.15) is 5.17 Å². The average molecular weight is 198 g/mol. The van der Waals surface area contributed by atoms with Gasteiger partial charge in [-0.2, -0.15) is 0 Å². The lowest BCUT2D eigenvalue weighted by Crippen LogP contribution is -1.94. The molecule has 0 atom stereocenters. The van der Waals surface area contributed by atoms with Crippen molar-refractivity contribution in [1.29, 1.82) is 0 Å². The van der Waals surface area contributed by atoms with Crippen molar-refractivity contribution in [3.8, 4) is 0 Å². The van der Waals surface area contributed by atoms with Crippen molar-refractivity contribution in [1.82, 2.24) is 0 Å². The molecule has 0 saturated heterocycles. The van der Waals surface area contributed by atoms with E-state index < -0.39 is 0 Å². The first-order chi connectivity index (χ1) is 6.34. The fourth-order valence-corrected chi connectivity index (χ4v) is 1.13. The van der Waals surface area contributed by atoms with Crippen LogP contribution in [0.2, 0.25) is 0 Å². The number of aliphatic hydroxyl groups excluding tert-OH is 1. The molecule has 1 aromatic rings. The zero-order valence-corrected chi connectivity index (χ0v) is 8.04. The third-order valence-corrected chi connectivity index (χ3v) is 1.92. The second kappa shape index (κ2) is 5.73. The van der Waals surface area contributed by atoms with Crippen molar-refractivity contribution in [3.63, 3.8) is 0 Å². The second-order valence-corrected chi connectivity index (χ2v) is 2.97. The van der Waals surface area contributed by atoms with Gasteiger partial charge in [-0.05, 0) is 6.42 Å². The maximum Gasteiger partial charge on any atom is 0.130 e. The molecule has 1 aromatic carbocycles. The number of nitrogens with zero attached hydrogens (tertiary/aromatic N) is 1. The maximum absolute atomic E-state index is 8.54. The van der Waals surface area contributed by atoms with Gasteiger partial charge in [-0.1, -0.05) is 41.9 Å². The van der Waals surface area contributed by atoms with E-state index in [-0.39, 0.29) is 6.61 Å². The van der Waals surface area contributed by atoms with Gasteiger partial charge in [0, 0.05) is 18.7 Å². The van der Waals surface area contributed by atoms with E-state index in [0.717, 1.165) is 5.56 Å². The summed E-state index contributed by atoms with van der Waals surface area (Å²) in [5, 5.41) is 9.05. The fourth-order valence-electron chi connectivity index (χ4n) is 0.915. The van der Waals surface area contributed by atoms with E-state index in [1.807, 2.05) is 30.3 Å². The molecular weight excluding hydrogens is 186 g/mol. The molecule has 0 saturated carbocycles. The highest BCUT2D eigenvalue weighted by atomic mass is 35.5. The largest absolute Gasteiger partial charge is 0.396 e. The molecule has 0 unspecified atom stereocenters. The molecule has 0 aliphatic carbocycles. The Morgan fingerprint density at radius 2 is 2.00 bits per heavy atom. The van der Waals surface area contributed by atoms with Crippen LogP contribution in [0.5, 0.6) is 0 Å². The summed E-state index contributed by atoms with van der Waals surface area (Å²) >= 11 is 5.91. The van der Waals surface area contributed by atoms with Crippen molar-refractivity contribution in [2.24, 2.45) is 4.99 Å². The maximum atomic E-state index is 8.54. The Balaban J connectivity index is 2.57. The Hall–Kier alpha value is -0.860. The SMILES string of the molecule is OCCCN=C(Cl)c1ccccc1. The molecule has 70 valence electrons. The fraction of sp³-hybridized carbons (Fsp3) is 0.300. The summed E-state index contributed by atoms with van der Waals surface area (Å²) in [4.78, 5) is 4.11. The minimum Gasteiger partial charge on any atom is -0.396 e. The molecule has 2 nitrogen and oxygen atoms in total. The summed E-state index contributed by atoms with van der Waals surface area (Å²) < 4.78 is 0. The molecule has 0 amide bonds. The van der Waals surface area contributed by atoms with Crippen LogP contribution in [0.4, 0.5) is 0 Å². The van der Waals surface area contributed by atoms with Crippen LogP contribution in [0, 0.1) is 0 Å². The topological polar surface area (TPSA) is 32.6 Å². The van der Waals surface area contributed by atoms with Crippen molar-refractivity contribution in [2.75, 3.05) is 13.2 Å². The first kappa shape index (κ1) is 10.2. The van der Waals surface area contributed by atoms with Gasteiger partial charge in [0.15, 0.2) is 0 Å². The summed E-state index contributed by atoms with van der Waals surface area (Å²) in [5.41, 5.74) is 0.919. The van der Waals surface area contributed by atoms with E-state index in [4.69, 9.17) is 16.7 Å². The van der Waals surface area contributed by atoms with Crippen LogP contribution in [-0.2, 0) is 0 Å². The molecule has 0 bridgehead atoms. The number of aliphatic imine (C=N–C) groups is 1. The predicted molar refractivity (Wildman–Crippen MR) is 55.4 cm³/mol. The van der Waals surface area contributed by atoms with E-state index in [2.05, 4.69) is 4.99 Å². The standard InChI is InChI=1S/C10H12ClNO/c11-10(12-7-4-8-13)9-5-2-1-3-6-9/h1-3,5-6,13H,4,7-8H2. The Bertz CT molecular complexity index is 272. The highest BCUT2D eigenvalue weighted by Crippen LogP contribution is 2.04. The van der Waals surface area contributed by atoms with Crippen molar-refractivity contribution < 1.29 is 5.11 Å². The highest BCUT2D eigenvalue weighted by Gasteiger charge is 1.96. The quantitative estimate of drug-likeness (QED) is 0.582. The molecule has 0 fully saturated rings. The van der Waals surface area contributed by atoms with E-state index in [0.29, 0.717) is 18.1 Å². The van der Waals surface area contributed by atoms with E-state index in [9.17, 15) is 0 Å². The summed E-state index contributed by atoms with van der Waals surface area (Å²) in [6.45, 7) is 0.729. The molecule has 0 aliphatic rings. The van der Waals surface area contributed by atoms with Gasteiger partial charge in [-0.15, -0.1) is 0 Å². The molecule has 1 N–H and O–H groups in total. The summed E-state index contributed by atoms with van der Waals surface area (Å²) in [6.07, 6.45) is 0.656. The Morgan fingerprint density at radius 1 is 1.31 bits per heavy atom. The lowest BCUT2D eigenvalue weighted by molar-refractivity contribution is 0.291. The van der Waals surface area contributed by atoms with E-state index >= 15 is 0 Å². The zero-order valence-electron chi connectivity index (χ0n) is 7.28. The third kappa shape index (κ3) is 3.57. The molecule has 0 aliphatic heterocycles. The van der Waals surface area contributed by atoms with Gasteiger partial charge in [-0.25, -0.2) is 0 Å². The first-order valence-electron chi connectivity index (χ1n) is 4.21. The van der Waals surface area contributed by atoms with Gasteiger partial charge in [0.25, 0.3) is 0 Å². The van der Waals surface area contributed by atoms with Crippen LogP contribution < -0.4 is 0 Å². The summed E-state index contributed by atoms with van der Waals surface area (Å²) in [5.74, 6) is 0. The van der Waals surface area contributed by atoms with E-state index in [1.165, 1.54) is 0 Å². The molecule has 0 radical (unpaired) electrons. The van der Waals surface area contributed by atoms with Crippen LogP contribution in [0.1, 0.15) is 12.0 Å². The Kier molecular flexibility index (Phi) is 4.50. The average Bonchev–Trinajstić information content (AvgIpc) is 2.19. The molecule has 0 spiro atoms. The van der Waals surface area contributed by atoms with Gasteiger partial charge in [0.2, 0.25) is 0 Å². The molecule has 13 heavy (non-hydrogen) atoms. The zero-order chi connectivity index (χ0) is 9.52. The minimum atomic E-state index is 0.155. The summed E-state index contributed by atoms with van der Waals surface area (Å²) in [6, 6.07) is 9.58. The second-order valence-electron chi connectivity index (χ2n) is 2.62. The molecule has 1 rings (SSSR count). The molecule has 3 heteroatoms. The highest BCUT2D eigenvalue weighted by molar-refractivity contribution is 6.69. The normalized spacial score (nSPS) is 11.7. The number of rotatable bonds is 4. The van der Waals surface area contributed by atoms with Gasteiger partial charge < -0.3 is 5.11 Å². The lowest BCUT2D eigenvalue weighted by Gasteiger charge is -1.97. The van der Waals surface area contributed by atoms with Crippen LogP contribution in [-0.4, -0.2) is 23.4 Å². The lowest BCUT2D eigenvalue weighted by atomic mass is 10.2. The monoisotopic (exact) mass is 197 g/mol. The number of aliphatic hydroxyl groups is 1. The third-order valence-electron chi connectivity index (χ3n) is 1.58. The summed E-state index contributed by atoms with van der Waals surface area (Å²) in [7, 11) is 0. The number of hydrogen-bond donors (Lipinski definition) is 1. The van der Waals surface area contributed by atoms with Crippen LogP contribution >= 0.6 is 11.6 Å².